The van der Waals surface area contributed by atoms with Crippen LogP contribution in [0.25, 0.3) is 0 Å². The first-order valence-electron chi connectivity index (χ1n) is 10.5. The minimum Gasteiger partial charge on any atom is -0.481 e. The number of hydrogen-bond donors (Lipinski definition) is 2. The summed E-state index contributed by atoms with van der Waals surface area (Å²) >= 11 is 0. The fourth-order valence-corrected chi connectivity index (χ4v) is 3.71. The first kappa shape index (κ1) is 24.0. The van der Waals surface area contributed by atoms with Gasteiger partial charge in [-0.15, -0.1) is 0 Å². The van der Waals surface area contributed by atoms with Crippen LogP contribution in [-0.2, 0) is 16.0 Å². The van der Waals surface area contributed by atoms with E-state index < -0.39 is 36.4 Å². The number of amides is 1. The third-order valence-electron chi connectivity index (χ3n) is 5.49. The maximum Gasteiger partial charge on any atom is 0.327 e. The molecule has 1 heterocycles. The Hall–Kier alpha value is -2.28. The standard InChI is InChI=1S/C23H31F2NO4/c1-17(15-18-9-5-4-6-10-18)20(27)13-12-19-16-23(24,25)22(30)26(19)14-8-3-2-7-11-21(28)29/h4-6,9-10,12-13,17,19-20,27H,2-3,7-8,11,14-16H2,1H3,(H,28,29)/b13-12+/t17-,19-,20+/m0/s1. The van der Waals surface area contributed by atoms with Crippen molar-refractivity contribution >= 4 is 11.9 Å². The molecule has 30 heavy (non-hydrogen) atoms. The minimum absolute atomic E-state index is 0.0884. The van der Waals surface area contributed by atoms with E-state index in [-0.39, 0.29) is 18.9 Å². The summed E-state index contributed by atoms with van der Waals surface area (Å²) in [5.41, 5.74) is 1.09. The van der Waals surface area contributed by atoms with E-state index in [9.17, 15) is 23.5 Å². The Labute approximate surface area is 176 Å². The third kappa shape index (κ3) is 7.20. The normalized spacial score (nSPS) is 20.6. The van der Waals surface area contributed by atoms with Crippen molar-refractivity contribution in [1.82, 2.24) is 4.90 Å². The Balaban J connectivity index is 1.88. The zero-order valence-electron chi connectivity index (χ0n) is 17.3. The van der Waals surface area contributed by atoms with Crippen molar-refractivity contribution in [1.29, 1.82) is 0 Å². The average Bonchev–Trinajstić information content (AvgIpc) is 2.92. The van der Waals surface area contributed by atoms with Crippen LogP contribution < -0.4 is 0 Å². The Morgan fingerprint density at radius 3 is 2.57 bits per heavy atom. The molecular weight excluding hydrogens is 392 g/mol. The molecule has 1 aliphatic rings. The number of carbonyl (C=O) groups excluding carboxylic acids is 1. The number of halogens is 2. The highest BCUT2D eigenvalue weighted by Crippen LogP contribution is 2.34. The number of nitrogens with zero attached hydrogens (tertiary/aromatic N) is 1. The molecule has 5 nitrogen and oxygen atoms in total. The molecule has 0 saturated carbocycles. The maximum absolute atomic E-state index is 14.0. The molecule has 2 rings (SSSR count). The maximum atomic E-state index is 14.0. The molecule has 1 amide bonds. The Morgan fingerprint density at radius 2 is 1.90 bits per heavy atom. The lowest BCUT2D eigenvalue weighted by atomic mass is 9.95. The lowest BCUT2D eigenvalue weighted by Crippen LogP contribution is -2.36. The van der Waals surface area contributed by atoms with E-state index in [1.165, 1.54) is 17.1 Å². The van der Waals surface area contributed by atoms with Crippen LogP contribution in [0.2, 0.25) is 0 Å². The molecule has 7 heteroatoms. The molecule has 1 fully saturated rings. The molecule has 0 aromatic heterocycles. The number of carboxylic acids is 1. The first-order chi connectivity index (χ1) is 14.2. The van der Waals surface area contributed by atoms with Gasteiger partial charge in [-0.05, 0) is 30.7 Å². The van der Waals surface area contributed by atoms with Crippen LogP contribution in [0.5, 0.6) is 0 Å². The van der Waals surface area contributed by atoms with Gasteiger partial charge in [0.05, 0.1) is 12.1 Å². The fraction of sp³-hybridized carbons (Fsp3) is 0.565. The van der Waals surface area contributed by atoms with Crippen molar-refractivity contribution in [2.45, 2.75) is 69.9 Å². The summed E-state index contributed by atoms with van der Waals surface area (Å²) in [6.45, 7) is 2.09. The molecule has 0 bridgehead atoms. The highest BCUT2D eigenvalue weighted by molar-refractivity contribution is 5.86. The topological polar surface area (TPSA) is 77.8 Å². The minimum atomic E-state index is -3.39. The Morgan fingerprint density at radius 1 is 1.23 bits per heavy atom. The van der Waals surface area contributed by atoms with Gasteiger partial charge in [-0.25, -0.2) is 0 Å². The average molecular weight is 424 g/mol. The van der Waals surface area contributed by atoms with Gasteiger partial charge in [0, 0.05) is 19.4 Å². The molecule has 166 valence electrons. The monoisotopic (exact) mass is 423 g/mol. The number of likely N-dealkylation sites (tertiary alicyclic amines) is 1. The molecule has 1 aliphatic heterocycles. The first-order valence-corrected chi connectivity index (χ1v) is 10.5. The summed E-state index contributed by atoms with van der Waals surface area (Å²) in [7, 11) is 0. The van der Waals surface area contributed by atoms with Crippen LogP contribution in [0.4, 0.5) is 8.78 Å². The molecule has 0 unspecified atom stereocenters. The second-order valence-corrected chi connectivity index (χ2v) is 8.07. The predicted octanol–water partition coefficient (Wildman–Crippen LogP) is 4.05. The number of carboxylic acid groups (broad SMARTS) is 1. The largest absolute Gasteiger partial charge is 0.481 e. The van der Waals surface area contributed by atoms with Gasteiger partial charge >= 0.3 is 11.9 Å². The van der Waals surface area contributed by atoms with Crippen molar-refractivity contribution < 1.29 is 28.6 Å². The number of carbonyl (C=O) groups is 2. The molecule has 1 aromatic rings. The fourth-order valence-electron chi connectivity index (χ4n) is 3.71. The highest BCUT2D eigenvalue weighted by atomic mass is 19.3. The van der Waals surface area contributed by atoms with Gasteiger partial charge in [0.2, 0.25) is 0 Å². The zero-order chi connectivity index (χ0) is 22.1. The Kier molecular flexibility index (Phi) is 8.96. The molecule has 1 saturated heterocycles. The van der Waals surface area contributed by atoms with Crippen LogP contribution in [0.15, 0.2) is 42.5 Å². The summed E-state index contributed by atoms with van der Waals surface area (Å²) in [5.74, 6) is -5.51. The number of benzene rings is 1. The van der Waals surface area contributed by atoms with Gasteiger partial charge in [0.15, 0.2) is 0 Å². The summed E-state index contributed by atoms with van der Waals surface area (Å²) in [5, 5.41) is 19.0. The van der Waals surface area contributed by atoms with Crippen molar-refractivity contribution in [2.24, 2.45) is 5.92 Å². The van der Waals surface area contributed by atoms with Crippen LogP contribution in [0.3, 0.4) is 0 Å². The van der Waals surface area contributed by atoms with E-state index in [1.807, 2.05) is 37.3 Å². The lowest BCUT2D eigenvalue weighted by Gasteiger charge is -2.22. The van der Waals surface area contributed by atoms with E-state index in [0.29, 0.717) is 32.1 Å². The zero-order valence-corrected chi connectivity index (χ0v) is 17.3. The van der Waals surface area contributed by atoms with E-state index in [1.54, 1.807) is 0 Å². The van der Waals surface area contributed by atoms with Gasteiger partial charge in [-0.1, -0.05) is 62.2 Å². The second-order valence-electron chi connectivity index (χ2n) is 8.07. The van der Waals surface area contributed by atoms with Crippen LogP contribution >= 0.6 is 0 Å². The Bertz CT molecular complexity index is 723. The number of aliphatic hydroxyl groups excluding tert-OH is 1. The molecule has 1 aromatic carbocycles. The third-order valence-corrected chi connectivity index (χ3v) is 5.49. The van der Waals surface area contributed by atoms with Crippen molar-refractivity contribution in [2.75, 3.05) is 6.54 Å². The SMILES string of the molecule is C[C@@H](Cc1ccccc1)[C@H](O)/C=C/[C@H]1CC(F)(F)C(=O)N1CCCCCCC(=O)O. The molecule has 0 radical (unpaired) electrons. The number of rotatable bonds is 12. The number of hydrogen-bond acceptors (Lipinski definition) is 3. The number of unbranched alkanes of at least 4 members (excludes halogenated alkanes) is 3. The number of aliphatic carboxylic acids is 1. The molecular formula is C23H31F2NO4. The van der Waals surface area contributed by atoms with E-state index in [0.717, 1.165) is 5.56 Å². The number of aliphatic hydroxyl groups is 1. The van der Waals surface area contributed by atoms with Crippen molar-refractivity contribution in [3.05, 3.63) is 48.0 Å². The summed E-state index contributed by atoms with van der Waals surface area (Å²) in [6, 6.07) is 8.97. The summed E-state index contributed by atoms with van der Waals surface area (Å²) in [6.07, 6.45) is 4.84. The van der Waals surface area contributed by atoms with E-state index >= 15 is 0 Å². The van der Waals surface area contributed by atoms with E-state index in [2.05, 4.69) is 0 Å². The van der Waals surface area contributed by atoms with Crippen molar-refractivity contribution in [3.63, 3.8) is 0 Å². The molecule has 0 aliphatic carbocycles. The van der Waals surface area contributed by atoms with Gasteiger partial charge in [-0.2, -0.15) is 8.78 Å². The predicted molar refractivity (Wildman–Crippen MR) is 110 cm³/mol. The van der Waals surface area contributed by atoms with Gasteiger partial charge in [0.25, 0.3) is 5.91 Å². The van der Waals surface area contributed by atoms with Crippen LogP contribution in [-0.4, -0.2) is 51.6 Å². The highest BCUT2D eigenvalue weighted by Gasteiger charge is 2.52. The van der Waals surface area contributed by atoms with Crippen LogP contribution in [0, 0.1) is 5.92 Å². The summed E-state index contributed by atoms with van der Waals surface area (Å²) in [4.78, 5) is 23.8. The smallest absolute Gasteiger partial charge is 0.327 e. The quantitative estimate of drug-likeness (QED) is 0.393. The van der Waals surface area contributed by atoms with Gasteiger partial charge in [0.1, 0.15) is 0 Å². The summed E-state index contributed by atoms with van der Waals surface area (Å²) < 4.78 is 27.9. The number of alkyl halides is 2. The lowest BCUT2D eigenvalue weighted by molar-refractivity contribution is -0.148. The molecule has 2 N–H and O–H groups in total. The second kappa shape index (κ2) is 11.2. The van der Waals surface area contributed by atoms with Gasteiger partial charge < -0.3 is 15.1 Å². The van der Waals surface area contributed by atoms with Crippen LogP contribution in [0.1, 0.15) is 51.0 Å². The molecule has 0 spiro atoms. The molecule has 3 atom stereocenters. The van der Waals surface area contributed by atoms with Gasteiger partial charge in [-0.3, -0.25) is 9.59 Å². The van der Waals surface area contributed by atoms with E-state index in [4.69, 9.17) is 5.11 Å². The van der Waals surface area contributed by atoms with Crippen molar-refractivity contribution in [3.8, 4) is 0 Å².